The van der Waals surface area contributed by atoms with Crippen molar-refractivity contribution >= 4 is 27.5 Å². The summed E-state index contributed by atoms with van der Waals surface area (Å²) in [6.07, 6.45) is 2.67. The fraction of sp³-hybridized carbons (Fsp3) is 0.579. The van der Waals surface area contributed by atoms with Gasteiger partial charge in [-0.05, 0) is 25.3 Å². The molecule has 0 aliphatic heterocycles. The summed E-state index contributed by atoms with van der Waals surface area (Å²) in [5, 5.41) is 13.4. The minimum atomic E-state index is -3.92. The van der Waals surface area contributed by atoms with E-state index in [1.165, 1.54) is 18.2 Å². The predicted octanol–water partition coefficient (Wildman–Crippen LogP) is 1.81. The highest BCUT2D eigenvalue weighted by molar-refractivity contribution is 7.89. The van der Waals surface area contributed by atoms with E-state index in [4.69, 9.17) is 0 Å². The molecule has 2 N–H and O–H groups in total. The van der Waals surface area contributed by atoms with Gasteiger partial charge in [-0.25, -0.2) is 13.1 Å². The van der Waals surface area contributed by atoms with Crippen LogP contribution in [0, 0.1) is 10.1 Å². The summed E-state index contributed by atoms with van der Waals surface area (Å²) in [4.78, 5) is 35.7. The number of benzene rings is 1. The molecule has 11 heteroatoms. The number of hydrogen-bond acceptors (Lipinski definition) is 6. The van der Waals surface area contributed by atoms with Crippen molar-refractivity contribution in [3.05, 3.63) is 34.4 Å². The molecule has 0 unspecified atom stereocenters. The molecule has 0 fully saturated rings. The number of nitro groups is 1. The van der Waals surface area contributed by atoms with E-state index in [1.54, 1.807) is 4.90 Å². The Bertz CT molecular complexity index is 822. The van der Waals surface area contributed by atoms with Crippen molar-refractivity contribution in [1.29, 1.82) is 0 Å². The number of non-ortho nitro benzene ring substituents is 1. The quantitative estimate of drug-likeness (QED) is 0.256. The second-order valence-corrected chi connectivity index (χ2v) is 8.50. The molecule has 0 bridgehead atoms. The molecule has 0 atom stereocenters. The lowest BCUT2D eigenvalue weighted by atomic mass is 10.2. The summed E-state index contributed by atoms with van der Waals surface area (Å²) in [5.41, 5.74) is -0.322. The van der Waals surface area contributed by atoms with Crippen LogP contribution < -0.4 is 10.0 Å². The monoisotopic (exact) mass is 442 g/mol. The molecule has 168 valence electrons. The first kappa shape index (κ1) is 25.5. The summed E-state index contributed by atoms with van der Waals surface area (Å²) in [7, 11) is -3.92. The number of nitrogens with zero attached hydrogens (tertiary/aromatic N) is 2. The number of sulfonamides is 1. The largest absolute Gasteiger partial charge is 0.355 e. The molecule has 0 aromatic heterocycles. The van der Waals surface area contributed by atoms with Crippen molar-refractivity contribution in [1.82, 2.24) is 14.9 Å². The molecular weight excluding hydrogens is 412 g/mol. The highest BCUT2D eigenvalue weighted by Gasteiger charge is 2.17. The standard InChI is InChI=1S/C19H30N4O6S/c1-3-13-22(14-4-2)19(25)10-6-9-18(24)20-11-12-21-30(28,29)17-8-5-7-16(15-17)23(26)27/h5,7-8,15,21H,3-4,6,9-14H2,1-2H3,(H,20,24). The Balaban J connectivity index is 2.35. The first-order chi connectivity index (χ1) is 14.2. The van der Waals surface area contributed by atoms with Crippen LogP contribution in [0.4, 0.5) is 5.69 Å². The molecule has 10 nitrogen and oxygen atoms in total. The summed E-state index contributed by atoms with van der Waals surface area (Å²) < 4.78 is 26.6. The van der Waals surface area contributed by atoms with Crippen LogP contribution in [0.1, 0.15) is 46.0 Å². The number of carbonyl (C=O) groups is 2. The van der Waals surface area contributed by atoms with Gasteiger partial charge in [-0.3, -0.25) is 19.7 Å². The average molecular weight is 443 g/mol. The number of amides is 2. The van der Waals surface area contributed by atoms with Gasteiger partial charge in [0.25, 0.3) is 5.69 Å². The minimum Gasteiger partial charge on any atom is -0.355 e. The number of nitrogens with one attached hydrogen (secondary N) is 2. The molecule has 1 aromatic rings. The van der Waals surface area contributed by atoms with Crippen LogP contribution in [0.15, 0.2) is 29.2 Å². The zero-order chi connectivity index (χ0) is 22.6. The van der Waals surface area contributed by atoms with Gasteiger partial charge in [0.15, 0.2) is 0 Å². The van der Waals surface area contributed by atoms with Gasteiger partial charge in [-0.15, -0.1) is 0 Å². The number of rotatable bonds is 14. The van der Waals surface area contributed by atoms with Gasteiger partial charge >= 0.3 is 0 Å². The maximum atomic E-state index is 12.2. The number of carbonyl (C=O) groups excluding carboxylic acids is 2. The Morgan fingerprint density at radius 3 is 2.37 bits per heavy atom. The third-order valence-corrected chi connectivity index (χ3v) is 5.67. The lowest BCUT2D eigenvalue weighted by Gasteiger charge is -2.21. The Morgan fingerprint density at radius 2 is 1.77 bits per heavy atom. The predicted molar refractivity (Wildman–Crippen MR) is 112 cm³/mol. The van der Waals surface area contributed by atoms with Crippen LogP contribution in [0.2, 0.25) is 0 Å². The molecule has 2 amide bonds. The fourth-order valence-corrected chi connectivity index (χ4v) is 3.85. The summed E-state index contributed by atoms with van der Waals surface area (Å²) in [6, 6.07) is 4.72. The van der Waals surface area contributed by atoms with Crippen LogP contribution in [-0.2, 0) is 19.6 Å². The molecule has 0 spiro atoms. The molecule has 0 saturated heterocycles. The van der Waals surface area contributed by atoms with E-state index in [0.717, 1.165) is 18.9 Å². The van der Waals surface area contributed by atoms with Crippen molar-refractivity contribution in [2.45, 2.75) is 50.8 Å². The molecule has 0 saturated carbocycles. The van der Waals surface area contributed by atoms with E-state index in [-0.39, 0.29) is 41.9 Å². The Hall–Kier alpha value is -2.53. The Labute approximate surface area is 177 Å². The topological polar surface area (TPSA) is 139 Å². The molecule has 0 radical (unpaired) electrons. The minimum absolute atomic E-state index is 0.0382. The lowest BCUT2D eigenvalue weighted by molar-refractivity contribution is -0.385. The lowest BCUT2D eigenvalue weighted by Crippen LogP contribution is -2.35. The highest BCUT2D eigenvalue weighted by atomic mass is 32.2. The van der Waals surface area contributed by atoms with Crippen molar-refractivity contribution in [3.8, 4) is 0 Å². The van der Waals surface area contributed by atoms with Gasteiger partial charge in [0.05, 0.1) is 9.82 Å². The third kappa shape index (κ3) is 8.87. The zero-order valence-corrected chi connectivity index (χ0v) is 18.2. The second kappa shape index (κ2) is 12.9. The smallest absolute Gasteiger partial charge is 0.270 e. The van der Waals surface area contributed by atoms with Gasteiger partial charge < -0.3 is 10.2 Å². The number of hydrogen-bond donors (Lipinski definition) is 2. The average Bonchev–Trinajstić information content (AvgIpc) is 2.71. The first-order valence-electron chi connectivity index (χ1n) is 9.99. The molecular formula is C19H30N4O6S. The van der Waals surface area contributed by atoms with E-state index in [2.05, 4.69) is 10.0 Å². The van der Waals surface area contributed by atoms with Gasteiger partial charge in [0.1, 0.15) is 0 Å². The van der Waals surface area contributed by atoms with Crippen molar-refractivity contribution in [2.24, 2.45) is 0 Å². The van der Waals surface area contributed by atoms with E-state index >= 15 is 0 Å². The van der Waals surface area contributed by atoms with E-state index in [0.29, 0.717) is 25.9 Å². The summed E-state index contributed by atoms with van der Waals surface area (Å²) in [6.45, 7) is 5.45. The molecule has 0 aliphatic carbocycles. The van der Waals surface area contributed by atoms with Gasteiger partial charge in [0, 0.05) is 51.2 Å². The van der Waals surface area contributed by atoms with Crippen LogP contribution in [0.5, 0.6) is 0 Å². The van der Waals surface area contributed by atoms with E-state index < -0.39 is 14.9 Å². The third-order valence-electron chi connectivity index (χ3n) is 4.21. The second-order valence-electron chi connectivity index (χ2n) is 6.74. The zero-order valence-electron chi connectivity index (χ0n) is 17.4. The van der Waals surface area contributed by atoms with Crippen molar-refractivity contribution in [3.63, 3.8) is 0 Å². The highest BCUT2D eigenvalue weighted by Crippen LogP contribution is 2.16. The maximum Gasteiger partial charge on any atom is 0.270 e. The van der Waals surface area contributed by atoms with Crippen molar-refractivity contribution in [2.75, 3.05) is 26.2 Å². The van der Waals surface area contributed by atoms with Crippen LogP contribution in [0.3, 0.4) is 0 Å². The van der Waals surface area contributed by atoms with Crippen LogP contribution in [-0.4, -0.2) is 56.2 Å². The van der Waals surface area contributed by atoms with E-state index in [9.17, 15) is 28.1 Å². The van der Waals surface area contributed by atoms with Crippen molar-refractivity contribution < 1.29 is 22.9 Å². The molecule has 1 aromatic carbocycles. The molecule has 30 heavy (non-hydrogen) atoms. The van der Waals surface area contributed by atoms with Gasteiger partial charge in [0.2, 0.25) is 21.8 Å². The molecule has 1 rings (SSSR count). The maximum absolute atomic E-state index is 12.2. The fourth-order valence-electron chi connectivity index (χ4n) is 2.78. The van der Waals surface area contributed by atoms with Gasteiger partial charge in [-0.1, -0.05) is 19.9 Å². The Morgan fingerprint density at radius 1 is 1.10 bits per heavy atom. The summed E-state index contributed by atoms with van der Waals surface area (Å²) in [5.74, 6) is -0.230. The molecule has 0 aliphatic rings. The van der Waals surface area contributed by atoms with Gasteiger partial charge in [-0.2, -0.15) is 0 Å². The van der Waals surface area contributed by atoms with Crippen LogP contribution in [0.25, 0.3) is 0 Å². The number of nitro benzene ring substituents is 1. The molecule has 0 heterocycles. The SMILES string of the molecule is CCCN(CCC)C(=O)CCCC(=O)NCCNS(=O)(=O)c1cccc([N+](=O)[O-])c1. The van der Waals surface area contributed by atoms with Crippen LogP contribution >= 0.6 is 0 Å². The Kier molecular flexibility index (Phi) is 11.0. The van der Waals surface area contributed by atoms with E-state index in [1.807, 2.05) is 13.8 Å². The first-order valence-corrected chi connectivity index (χ1v) is 11.5. The normalized spacial score (nSPS) is 11.1. The summed E-state index contributed by atoms with van der Waals surface area (Å²) >= 11 is 0.